The number of hydrogen-bond donors (Lipinski definition) is 1. The van der Waals surface area contributed by atoms with E-state index in [9.17, 15) is 13.2 Å². The summed E-state index contributed by atoms with van der Waals surface area (Å²) in [4.78, 5) is 1.01. The third-order valence-electron chi connectivity index (χ3n) is 1.88. The van der Waals surface area contributed by atoms with Gasteiger partial charge in [-0.3, -0.25) is 0 Å². The quantitative estimate of drug-likeness (QED) is 0.901. The zero-order chi connectivity index (χ0) is 11.5. The van der Waals surface area contributed by atoms with Gasteiger partial charge in [0.05, 0.1) is 0 Å². The van der Waals surface area contributed by atoms with E-state index in [0.29, 0.717) is 6.42 Å². The average molecular weight is 302 g/mol. The predicted octanol–water partition coefficient (Wildman–Crippen LogP) is 3.72. The van der Waals surface area contributed by atoms with E-state index in [4.69, 9.17) is 5.73 Å². The molecule has 1 aromatic rings. The smallest absolute Gasteiger partial charge is 0.327 e. The van der Waals surface area contributed by atoms with Crippen LogP contribution in [0.5, 0.6) is 0 Å². The third kappa shape index (κ3) is 5.53. The Morgan fingerprint density at radius 1 is 1.47 bits per heavy atom. The first-order valence-corrected chi connectivity index (χ1v) is 6.09. The lowest BCUT2D eigenvalue weighted by Gasteiger charge is -2.11. The van der Waals surface area contributed by atoms with E-state index in [0.717, 1.165) is 9.35 Å². The van der Waals surface area contributed by atoms with Crippen LogP contribution in [0.4, 0.5) is 13.2 Å². The second-order valence-electron chi connectivity index (χ2n) is 3.35. The lowest BCUT2D eigenvalue weighted by molar-refractivity contribution is -0.136. The molecule has 1 atom stereocenters. The van der Waals surface area contributed by atoms with Gasteiger partial charge in [0.1, 0.15) is 0 Å². The Kier molecular flexibility index (Phi) is 4.61. The van der Waals surface area contributed by atoms with E-state index >= 15 is 0 Å². The van der Waals surface area contributed by atoms with E-state index in [2.05, 4.69) is 15.9 Å². The second-order valence-corrected chi connectivity index (χ2v) is 5.26. The van der Waals surface area contributed by atoms with E-state index in [-0.39, 0.29) is 6.42 Å². The molecule has 15 heavy (non-hydrogen) atoms. The van der Waals surface area contributed by atoms with Crippen molar-refractivity contribution < 1.29 is 13.2 Å². The van der Waals surface area contributed by atoms with Crippen LogP contribution in [0.1, 0.15) is 17.7 Å². The number of thiophene rings is 1. The first-order valence-electron chi connectivity index (χ1n) is 4.42. The number of nitrogens with two attached hydrogens (primary N) is 1. The minimum atomic E-state index is -4.10. The molecule has 1 nitrogen and oxygen atoms in total. The minimum Gasteiger partial charge on any atom is -0.327 e. The summed E-state index contributed by atoms with van der Waals surface area (Å²) < 4.78 is 36.6. The van der Waals surface area contributed by atoms with Crippen LogP contribution in [-0.4, -0.2) is 12.2 Å². The number of halogens is 4. The molecule has 2 N–H and O–H groups in total. The maximum Gasteiger partial charge on any atom is 0.389 e. The Morgan fingerprint density at radius 3 is 2.60 bits per heavy atom. The third-order valence-corrected chi connectivity index (χ3v) is 3.60. The molecule has 1 rings (SSSR count). The van der Waals surface area contributed by atoms with Gasteiger partial charge in [-0.2, -0.15) is 13.2 Å². The Bertz CT molecular complexity index is 311. The van der Waals surface area contributed by atoms with Gasteiger partial charge in [-0.15, -0.1) is 11.3 Å². The van der Waals surface area contributed by atoms with Gasteiger partial charge in [-0.05, 0) is 34.8 Å². The van der Waals surface area contributed by atoms with Crippen molar-refractivity contribution in [2.45, 2.75) is 31.5 Å². The zero-order valence-electron chi connectivity index (χ0n) is 7.85. The van der Waals surface area contributed by atoms with Gasteiger partial charge >= 0.3 is 6.18 Å². The predicted molar refractivity (Wildman–Crippen MR) is 59.0 cm³/mol. The normalized spacial score (nSPS) is 14.2. The molecule has 0 saturated heterocycles. The molecule has 86 valence electrons. The largest absolute Gasteiger partial charge is 0.389 e. The second kappa shape index (κ2) is 5.32. The summed E-state index contributed by atoms with van der Waals surface area (Å²) in [6.45, 7) is 0. The monoisotopic (exact) mass is 301 g/mol. The molecule has 0 aliphatic carbocycles. The maximum atomic E-state index is 11.9. The summed E-state index contributed by atoms with van der Waals surface area (Å²) in [7, 11) is 0. The molecule has 0 spiro atoms. The fraction of sp³-hybridized carbons (Fsp3) is 0.556. The molecule has 0 fully saturated rings. The van der Waals surface area contributed by atoms with Crippen LogP contribution >= 0.6 is 27.3 Å². The zero-order valence-corrected chi connectivity index (χ0v) is 10.3. The van der Waals surface area contributed by atoms with Crippen molar-refractivity contribution >= 4 is 27.3 Å². The lowest BCUT2D eigenvalue weighted by atomic mass is 10.1. The molecule has 0 saturated carbocycles. The number of alkyl halides is 3. The first kappa shape index (κ1) is 13.0. The fourth-order valence-electron chi connectivity index (χ4n) is 1.17. The Balaban J connectivity index is 2.33. The molecule has 0 aromatic carbocycles. The van der Waals surface area contributed by atoms with Crippen molar-refractivity contribution in [2.75, 3.05) is 0 Å². The number of rotatable bonds is 4. The van der Waals surface area contributed by atoms with Crippen LogP contribution in [0.15, 0.2) is 15.9 Å². The van der Waals surface area contributed by atoms with Gasteiger partial charge in [0, 0.05) is 27.2 Å². The summed E-state index contributed by atoms with van der Waals surface area (Å²) in [6, 6.07) is 1.47. The number of hydrogen-bond acceptors (Lipinski definition) is 2. The van der Waals surface area contributed by atoms with Gasteiger partial charge in [0.25, 0.3) is 0 Å². The molecule has 1 heterocycles. The van der Waals surface area contributed by atoms with Crippen molar-refractivity contribution in [3.63, 3.8) is 0 Å². The van der Waals surface area contributed by atoms with Crippen LogP contribution in [0.25, 0.3) is 0 Å². The average Bonchev–Trinajstić information content (AvgIpc) is 2.47. The van der Waals surface area contributed by atoms with E-state index in [1.165, 1.54) is 11.3 Å². The molecule has 0 amide bonds. The van der Waals surface area contributed by atoms with Gasteiger partial charge in [0.2, 0.25) is 0 Å². The Labute approximate surface area is 98.6 Å². The molecule has 0 aliphatic rings. The summed E-state index contributed by atoms with van der Waals surface area (Å²) >= 11 is 4.79. The molecule has 0 bridgehead atoms. The molecule has 0 radical (unpaired) electrons. The maximum absolute atomic E-state index is 11.9. The van der Waals surface area contributed by atoms with E-state index in [1.807, 2.05) is 11.4 Å². The van der Waals surface area contributed by atoms with Gasteiger partial charge in [0.15, 0.2) is 0 Å². The standard InChI is InChI=1S/C9H11BrF3NS/c10-6-3-8(15-5-6)4-7(14)1-2-9(11,12)13/h3,5,7H,1-2,4,14H2. The highest BCUT2D eigenvalue weighted by Gasteiger charge is 2.27. The molecule has 1 unspecified atom stereocenters. The highest BCUT2D eigenvalue weighted by molar-refractivity contribution is 9.10. The molecular weight excluding hydrogens is 291 g/mol. The Hall–Kier alpha value is -0.0700. The van der Waals surface area contributed by atoms with E-state index in [1.54, 1.807) is 0 Å². The van der Waals surface area contributed by atoms with Gasteiger partial charge in [-0.25, -0.2) is 0 Å². The topological polar surface area (TPSA) is 26.0 Å². The molecule has 0 aliphatic heterocycles. The van der Waals surface area contributed by atoms with Crippen LogP contribution in [-0.2, 0) is 6.42 Å². The fourth-order valence-corrected chi connectivity index (χ4v) is 2.72. The summed E-state index contributed by atoms with van der Waals surface area (Å²) in [5.74, 6) is 0. The molecular formula is C9H11BrF3NS. The minimum absolute atomic E-state index is 0.0149. The highest BCUT2D eigenvalue weighted by Crippen LogP contribution is 2.24. The van der Waals surface area contributed by atoms with Crippen LogP contribution in [0.2, 0.25) is 0 Å². The first-order chi connectivity index (χ1) is 6.87. The van der Waals surface area contributed by atoms with Crippen LogP contribution < -0.4 is 5.73 Å². The Morgan fingerprint density at radius 2 is 2.13 bits per heavy atom. The van der Waals surface area contributed by atoms with Crippen molar-refractivity contribution in [1.82, 2.24) is 0 Å². The van der Waals surface area contributed by atoms with Crippen molar-refractivity contribution in [3.8, 4) is 0 Å². The summed E-state index contributed by atoms with van der Waals surface area (Å²) in [5, 5.41) is 1.89. The molecule has 6 heteroatoms. The lowest BCUT2D eigenvalue weighted by Crippen LogP contribution is -2.24. The van der Waals surface area contributed by atoms with Crippen LogP contribution in [0.3, 0.4) is 0 Å². The van der Waals surface area contributed by atoms with Crippen molar-refractivity contribution in [3.05, 3.63) is 20.8 Å². The summed E-state index contributed by atoms with van der Waals surface area (Å²) in [6.07, 6.45) is -4.42. The van der Waals surface area contributed by atoms with Gasteiger partial charge < -0.3 is 5.73 Å². The van der Waals surface area contributed by atoms with Crippen LogP contribution in [0, 0.1) is 0 Å². The molecule has 1 aromatic heterocycles. The highest BCUT2D eigenvalue weighted by atomic mass is 79.9. The van der Waals surface area contributed by atoms with Crippen molar-refractivity contribution in [1.29, 1.82) is 0 Å². The summed E-state index contributed by atoms with van der Waals surface area (Å²) in [5.41, 5.74) is 5.61. The van der Waals surface area contributed by atoms with Crippen molar-refractivity contribution in [2.24, 2.45) is 5.73 Å². The SMILES string of the molecule is NC(CCC(F)(F)F)Cc1cc(Br)cs1. The van der Waals surface area contributed by atoms with E-state index < -0.39 is 18.6 Å². The van der Waals surface area contributed by atoms with Gasteiger partial charge in [-0.1, -0.05) is 0 Å².